The normalized spacial score (nSPS) is 11.2. The fourth-order valence-corrected chi connectivity index (χ4v) is 2.86. The van der Waals surface area contributed by atoms with E-state index in [1.165, 1.54) is 77.0 Å². The van der Waals surface area contributed by atoms with Crippen molar-refractivity contribution in [3.05, 3.63) is 0 Å². The quantitative estimate of drug-likeness (QED) is 0.230. The Kier molecular flexibility index (Phi) is 15.7. The average molecular weight is 347 g/mol. The van der Waals surface area contributed by atoms with Gasteiger partial charge >= 0.3 is 0 Å². The minimum Gasteiger partial charge on any atom is -0.287 e. The second-order valence-corrected chi connectivity index (χ2v) is 7.41. The molecule has 0 aromatic heterocycles. The third-order valence-electron chi connectivity index (χ3n) is 3.90. The van der Waals surface area contributed by atoms with E-state index < -0.39 is 0 Å². The number of carbonyl (C=O) groups is 1. The molecule has 0 fully saturated rings. The van der Waals surface area contributed by atoms with Crippen LogP contribution in [-0.2, 0) is 4.79 Å². The molecular formula is C18H35BrO. The van der Waals surface area contributed by atoms with E-state index in [1.54, 1.807) is 0 Å². The number of carbonyl (C=O) groups excluding carboxylic acids is 1. The summed E-state index contributed by atoms with van der Waals surface area (Å²) in [7, 11) is 0. The topological polar surface area (TPSA) is 17.1 Å². The Morgan fingerprint density at radius 2 is 1.05 bits per heavy atom. The molecule has 0 aliphatic rings. The van der Waals surface area contributed by atoms with Crippen molar-refractivity contribution in [2.45, 2.75) is 104 Å². The zero-order valence-corrected chi connectivity index (χ0v) is 15.3. The van der Waals surface area contributed by atoms with Gasteiger partial charge in [0.25, 0.3) is 0 Å². The molecular weight excluding hydrogens is 312 g/mol. The van der Waals surface area contributed by atoms with Gasteiger partial charge in [0, 0.05) is 6.42 Å². The van der Waals surface area contributed by atoms with Crippen molar-refractivity contribution in [3.8, 4) is 0 Å². The number of hydrogen-bond donors (Lipinski definition) is 0. The molecule has 0 heterocycles. The maximum absolute atomic E-state index is 10.7. The van der Waals surface area contributed by atoms with E-state index in [-0.39, 0.29) is 4.69 Å². The second-order valence-electron chi connectivity index (χ2n) is 6.53. The first-order chi connectivity index (χ1) is 9.63. The van der Waals surface area contributed by atoms with Gasteiger partial charge in [0.15, 0.2) is 4.69 Å². The molecule has 120 valence electrons. The van der Waals surface area contributed by atoms with Crippen LogP contribution in [0.4, 0.5) is 0 Å². The van der Waals surface area contributed by atoms with Crippen molar-refractivity contribution in [2.75, 3.05) is 0 Å². The Morgan fingerprint density at radius 3 is 1.40 bits per heavy atom. The fourth-order valence-electron chi connectivity index (χ4n) is 2.58. The van der Waals surface area contributed by atoms with Gasteiger partial charge in [-0.05, 0) is 28.3 Å². The van der Waals surface area contributed by atoms with Crippen LogP contribution >= 0.6 is 15.9 Å². The predicted octanol–water partition coefficient (Wildman–Crippen LogP) is 7.03. The predicted molar refractivity (Wildman–Crippen MR) is 93.4 cm³/mol. The van der Waals surface area contributed by atoms with Crippen LogP contribution in [0.1, 0.15) is 104 Å². The minimum atomic E-state index is 0.158. The van der Waals surface area contributed by atoms with Crippen LogP contribution in [0.15, 0.2) is 0 Å². The molecule has 20 heavy (non-hydrogen) atoms. The summed E-state index contributed by atoms with van der Waals surface area (Å²) < 4.78 is 0.158. The van der Waals surface area contributed by atoms with Crippen LogP contribution in [0.2, 0.25) is 0 Å². The summed E-state index contributed by atoms with van der Waals surface area (Å²) in [5, 5.41) is 0. The lowest BCUT2D eigenvalue weighted by Crippen LogP contribution is -1.87. The molecule has 0 radical (unpaired) electrons. The Morgan fingerprint density at radius 1 is 0.700 bits per heavy atom. The minimum absolute atomic E-state index is 0.158. The van der Waals surface area contributed by atoms with Crippen molar-refractivity contribution in [1.29, 1.82) is 0 Å². The summed E-state index contributed by atoms with van der Waals surface area (Å²) in [4.78, 5) is 10.7. The lowest BCUT2D eigenvalue weighted by Gasteiger charge is -2.04. The average Bonchev–Trinajstić information content (AvgIpc) is 2.38. The number of unbranched alkanes of at least 4 members (excludes halogenated alkanes) is 11. The number of rotatable bonds is 15. The van der Waals surface area contributed by atoms with Crippen LogP contribution in [0, 0.1) is 5.92 Å². The molecule has 0 atom stereocenters. The van der Waals surface area contributed by atoms with Gasteiger partial charge in [0.05, 0.1) is 0 Å². The Balaban J connectivity index is 2.97. The molecule has 0 amide bonds. The highest BCUT2D eigenvalue weighted by Gasteiger charge is 1.97. The molecule has 0 bridgehead atoms. The van der Waals surface area contributed by atoms with E-state index in [1.807, 2.05) is 0 Å². The lowest BCUT2D eigenvalue weighted by molar-refractivity contribution is -0.110. The summed E-state index contributed by atoms with van der Waals surface area (Å²) in [5.74, 6) is 0.877. The Bertz CT molecular complexity index is 213. The van der Waals surface area contributed by atoms with Crippen LogP contribution in [0.3, 0.4) is 0 Å². The first-order valence-corrected chi connectivity index (χ1v) is 9.60. The smallest absolute Gasteiger partial charge is 0.197 e. The van der Waals surface area contributed by atoms with E-state index in [2.05, 4.69) is 29.8 Å². The monoisotopic (exact) mass is 346 g/mol. The van der Waals surface area contributed by atoms with Gasteiger partial charge in [0.1, 0.15) is 0 Å². The van der Waals surface area contributed by atoms with Gasteiger partial charge in [-0.2, -0.15) is 0 Å². The van der Waals surface area contributed by atoms with Crippen LogP contribution in [0.25, 0.3) is 0 Å². The second kappa shape index (κ2) is 15.5. The molecule has 0 saturated carbocycles. The van der Waals surface area contributed by atoms with E-state index in [0.29, 0.717) is 6.42 Å². The Hall–Kier alpha value is 0.150. The summed E-state index contributed by atoms with van der Waals surface area (Å²) in [5.41, 5.74) is 0. The molecule has 1 nitrogen and oxygen atoms in total. The van der Waals surface area contributed by atoms with Gasteiger partial charge in [-0.3, -0.25) is 4.79 Å². The molecule has 2 heteroatoms. The van der Waals surface area contributed by atoms with E-state index >= 15 is 0 Å². The maximum atomic E-state index is 10.7. The van der Waals surface area contributed by atoms with Crippen molar-refractivity contribution in [1.82, 2.24) is 0 Å². The molecule has 0 aliphatic heterocycles. The summed E-state index contributed by atoms with van der Waals surface area (Å²) in [6.45, 7) is 4.63. The molecule has 0 saturated heterocycles. The summed E-state index contributed by atoms with van der Waals surface area (Å²) in [6, 6.07) is 0. The number of halogens is 1. The Labute approximate surface area is 135 Å². The molecule has 0 spiro atoms. The number of hydrogen-bond acceptors (Lipinski definition) is 1. The van der Waals surface area contributed by atoms with E-state index in [4.69, 9.17) is 0 Å². The standard InChI is InChI=1S/C18H35BrO/c1-17(2)15-13-11-9-7-5-3-4-6-8-10-12-14-16-18(19)20/h17H,3-16H2,1-2H3. The zero-order chi connectivity index (χ0) is 15.1. The fraction of sp³-hybridized carbons (Fsp3) is 0.944. The van der Waals surface area contributed by atoms with Crippen molar-refractivity contribution in [3.63, 3.8) is 0 Å². The molecule has 0 N–H and O–H groups in total. The first kappa shape index (κ1) is 20.1. The van der Waals surface area contributed by atoms with Gasteiger partial charge in [-0.25, -0.2) is 0 Å². The largest absolute Gasteiger partial charge is 0.287 e. The third-order valence-corrected chi connectivity index (χ3v) is 4.30. The maximum Gasteiger partial charge on any atom is 0.197 e. The van der Waals surface area contributed by atoms with Gasteiger partial charge in [0.2, 0.25) is 0 Å². The highest BCUT2D eigenvalue weighted by atomic mass is 79.9. The van der Waals surface area contributed by atoms with Crippen LogP contribution < -0.4 is 0 Å². The van der Waals surface area contributed by atoms with Crippen LogP contribution in [-0.4, -0.2) is 4.69 Å². The molecule has 0 aromatic carbocycles. The van der Waals surface area contributed by atoms with Crippen molar-refractivity contribution < 1.29 is 4.79 Å². The van der Waals surface area contributed by atoms with Gasteiger partial charge in [-0.1, -0.05) is 90.9 Å². The summed E-state index contributed by atoms with van der Waals surface area (Å²) in [6.07, 6.45) is 18.4. The SMILES string of the molecule is CC(C)CCCCCCCCCCCCCCC(=O)Br. The molecule has 0 unspecified atom stereocenters. The molecule has 0 rings (SSSR count). The summed E-state index contributed by atoms with van der Waals surface area (Å²) >= 11 is 2.98. The first-order valence-electron chi connectivity index (χ1n) is 8.81. The third kappa shape index (κ3) is 18.1. The van der Waals surface area contributed by atoms with Gasteiger partial charge in [-0.15, -0.1) is 0 Å². The zero-order valence-electron chi connectivity index (χ0n) is 13.8. The van der Waals surface area contributed by atoms with Crippen LogP contribution in [0.5, 0.6) is 0 Å². The highest BCUT2D eigenvalue weighted by molar-refractivity contribution is 9.18. The van der Waals surface area contributed by atoms with Crippen molar-refractivity contribution >= 4 is 20.6 Å². The van der Waals surface area contributed by atoms with E-state index in [0.717, 1.165) is 12.3 Å². The van der Waals surface area contributed by atoms with Gasteiger partial charge < -0.3 is 0 Å². The lowest BCUT2D eigenvalue weighted by atomic mass is 10.0. The van der Waals surface area contributed by atoms with Crippen molar-refractivity contribution in [2.24, 2.45) is 5.92 Å². The highest BCUT2D eigenvalue weighted by Crippen LogP contribution is 2.14. The molecule has 0 aliphatic carbocycles. The van der Waals surface area contributed by atoms with E-state index in [9.17, 15) is 4.79 Å². The molecule has 0 aromatic rings.